The normalized spacial score (nSPS) is 18.9. The number of nitrogens with zero attached hydrogens (tertiary/aromatic N) is 1. The second-order valence-electron chi connectivity index (χ2n) is 4.91. The maximum absolute atomic E-state index is 13.6. The molecule has 20 heavy (non-hydrogen) atoms. The maximum atomic E-state index is 13.6. The van der Waals surface area contributed by atoms with Gasteiger partial charge in [0.05, 0.1) is 17.5 Å². The van der Waals surface area contributed by atoms with E-state index in [9.17, 15) is 13.6 Å². The Labute approximate surface area is 121 Å². The van der Waals surface area contributed by atoms with Crippen molar-refractivity contribution in [3.05, 3.63) is 35.4 Å². The SMILES string of the molecule is NC(=S)C1CCCCN1C(=O)Cc1ccc(F)cc1F. The molecule has 2 rings (SSSR count). The molecule has 1 heterocycles. The number of hydrogen-bond acceptors (Lipinski definition) is 2. The van der Waals surface area contributed by atoms with E-state index >= 15 is 0 Å². The first-order valence-electron chi connectivity index (χ1n) is 6.51. The minimum absolute atomic E-state index is 0.106. The molecule has 2 N–H and O–H groups in total. The Morgan fingerprint density at radius 3 is 2.80 bits per heavy atom. The van der Waals surface area contributed by atoms with Gasteiger partial charge in [0.2, 0.25) is 5.91 Å². The fraction of sp³-hybridized carbons (Fsp3) is 0.429. The molecule has 1 amide bonds. The highest BCUT2D eigenvalue weighted by Gasteiger charge is 2.28. The van der Waals surface area contributed by atoms with Gasteiger partial charge in [0, 0.05) is 12.6 Å². The largest absolute Gasteiger partial charge is 0.392 e. The van der Waals surface area contributed by atoms with Gasteiger partial charge in [0.1, 0.15) is 11.6 Å². The zero-order chi connectivity index (χ0) is 14.7. The van der Waals surface area contributed by atoms with Gasteiger partial charge in [-0.1, -0.05) is 18.3 Å². The van der Waals surface area contributed by atoms with Crippen LogP contribution in [0.3, 0.4) is 0 Å². The van der Waals surface area contributed by atoms with Crippen molar-refractivity contribution in [3.63, 3.8) is 0 Å². The zero-order valence-electron chi connectivity index (χ0n) is 10.9. The van der Waals surface area contributed by atoms with Crippen LogP contribution in [0.1, 0.15) is 24.8 Å². The van der Waals surface area contributed by atoms with Crippen LogP contribution in [-0.2, 0) is 11.2 Å². The lowest BCUT2D eigenvalue weighted by Crippen LogP contribution is -2.50. The van der Waals surface area contributed by atoms with Crippen LogP contribution in [0.4, 0.5) is 8.78 Å². The van der Waals surface area contributed by atoms with E-state index in [-0.39, 0.29) is 28.9 Å². The topological polar surface area (TPSA) is 46.3 Å². The number of thiocarbonyl (C=S) groups is 1. The number of carbonyl (C=O) groups is 1. The molecule has 1 aromatic rings. The lowest BCUT2D eigenvalue weighted by molar-refractivity contribution is -0.132. The van der Waals surface area contributed by atoms with Gasteiger partial charge in [-0.25, -0.2) is 8.78 Å². The highest BCUT2D eigenvalue weighted by molar-refractivity contribution is 7.80. The molecule has 1 aromatic carbocycles. The molecule has 1 atom stereocenters. The van der Waals surface area contributed by atoms with Crippen molar-refractivity contribution >= 4 is 23.1 Å². The first kappa shape index (κ1) is 14.8. The summed E-state index contributed by atoms with van der Waals surface area (Å²) in [4.78, 5) is 14.2. The van der Waals surface area contributed by atoms with Crippen LogP contribution in [0, 0.1) is 11.6 Å². The van der Waals surface area contributed by atoms with Crippen molar-refractivity contribution in [3.8, 4) is 0 Å². The molecular formula is C14H16F2N2OS. The van der Waals surface area contributed by atoms with Gasteiger partial charge >= 0.3 is 0 Å². The number of benzene rings is 1. The van der Waals surface area contributed by atoms with Crippen LogP contribution in [0.25, 0.3) is 0 Å². The number of hydrogen-bond donors (Lipinski definition) is 1. The lowest BCUT2D eigenvalue weighted by Gasteiger charge is -2.35. The summed E-state index contributed by atoms with van der Waals surface area (Å²) < 4.78 is 26.4. The molecular weight excluding hydrogens is 282 g/mol. The van der Waals surface area contributed by atoms with Gasteiger partial charge in [0.25, 0.3) is 0 Å². The molecule has 1 saturated heterocycles. The molecule has 0 radical (unpaired) electrons. The predicted molar refractivity (Wildman–Crippen MR) is 76.2 cm³/mol. The van der Waals surface area contributed by atoms with Gasteiger partial charge in [-0.15, -0.1) is 0 Å². The van der Waals surface area contributed by atoms with Crippen molar-refractivity contribution in [1.29, 1.82) is 0 Å². The molecule has 0 aliphatic carbocycles. The minimum atomic E-state index is -0.706. The van der Waals surface area contributed by atoms with E-state index in [1.165, 1.54) is 6.07 Å². The molecule has 0 bridgehead atoms. The zero-order valence-corrected chi connectivity index (χ0v) is 11.8. The van der Waals surface area contributed by atoms with E-state index in [1.807, 2.05) is 0 Å². The van der Waals surface area contributed by atoms with Crippen LogP contribution in [0.15, 0.2) is 18.2 Å². The van der Waals surface area contributed by atoms with Crippen molar-refractivity contribution in [2.75, 3.05) is 6.54 Å². The van der Waals surface area contributed by atoms with Gasteiger partial charge in [-0.05, 0) is 30.9 Å². The Morgan fingerprint density at radius 2 is 2.15 bits per heavy atom. The summed E-state index contributed by atoms with van der Waals surface area (Å²) in [5, 5.41) is 0. The van der Waals surface area contributed by atoms with Crippen LogP contribution in [0.5, 0.6) is 0 Å². The van der Waals surface area contributed by atoms with Crippen molar-refractivity contribution in [2.24, 2.45) is 5.73 Å². The van der Waals surface area contributed by atoms with E-state index in [1.54, 1.807) is 4.90 Å². The summed E-state index contributed by atoms with van der Waals surface area (Å²) in [7, 11) is 0. The molecule has 0 saturated carbocycles. The number of halogens is 2. The summed E-state index contributed by atoms with van der Waals surface area (Å²) in [5.41, 5.74) is 5.84. The molecule has 1 unspecified atom stereocenters. The molecule has 1 aliphatic heterocycles. The van der Waals surface area contributed by atoms with Crippen LogP contribution in [-0.4, -0.2) is 28.4 Å². The van der Waals surface area contributed by atoms with Crippen LogP contribution in [0.2, 0.25) is 0 Å². The third-order valence-corrected chi connectivity index (χ3v) is 3.78. The van der Waals surface area contributed by atoms with Gasteiger partial charge < -0.3 is 10.6 Å². The average molecular weight is 298 g/mol. The second kappa shape index (κ2) is 6.26. The van der Waals surface area contributed by atoms with E-state index < -0.39 is 11.6 Å². The lowest BCUT2D eigenvalue weighted by atomic mass is 10.0. The summed E-state index contributed by atoms with van der Waals surface area (Å²) >= 11 is 4.98. The highest BCUT2D eigenvalue weighted by atomic mass is 32.1. The Kier molecular flexibility index (Phi) is 4.65. The molecule has 1 fully saturated rings. The third-order valence-electron chi connectivity index (χ3n) is 3.51. The van der Waals surface area contributed by atoms with Gasteiger partial charge in [-0.3, -0.25) is 4.79 Å². The first-order valence-corrected chi connectivity index (χ1v) is 6.92. The molecule has 0 spiro atoms. The monoisotopic (exact) mass is 298 g/mol. The molecule has 108 valence electrons. The van der Waals surface area contributed by atoms with E-state index in [4.69, 9.17) is 18.0 Å². The molecule has 3 nitrogen and oxygen atoms in total. The fourth-order valence-electron chi connectivity index (χ4n) is 2.46. The highest BCUT2D eigenvalue weighted by Crippen LogP contribution is 2.19. The smallest absolute Gasteiger partial charge is 0.227 e. The number of likely N-dealkylation sites (tertiary alicyclic amines) is 1. The Balaban J connectivity index is 2.12. The quantitative estimate of drug-likeness (QED) is 0.870. The van der Waals surface area contributed by atoms with E-state index in [0.717, 1.165) is 31.4 Å². The van der Waals surface area contributed by atoms with E-state index in [0.29, 0.717) is 6.54 Å². The third kappa shape index (κ3) is 3.30. The van der Waals surface area contributed by atoms with Crippen molar-refractivity contribution in [2.45, 2.75) is 31.7 Å². The minimum Gasteiger partial charge on any atom is -0.392 e. The molecule has 0 aromatic heterocycles. The summed E-state index contributed by atoms with van der Waals surface area (Å²) in [6.45, 7) is 0.573. The Morgan fingerprint density at radius 1 is 1.40 bits per heavy atom. The Hall–Kier alpha value is -1.56. The van der Waals surface area contributed by atoms with Gasteiger partial charge in [0.15, 0.2) is 0 Å². The Bertz CT molecular complexity index is 536. The number of piperidine rings is 1. The number of nitrogens with two attached hydrogens (primary N) is 1. The summed E-state index contributed by atoms with van der Waals surface area (Å²) in [5.74, 6) is -1.59. The number of rotatable bonds is 3. The number of amides is 1. The van der Waals surface area contributed by atoms with Crippen LogP contribution < -0.4 is 5.73 Å². The average Bonchev–Trinajstić information content (AvgIpc) is 2.41. The number of carbonyl (C=O) groups excluding carboxylic acids is 1. The fourth-order valence-corrected chi connectivity index (χ4v) is 2.70. The predicted octanol–water partition coefficient (Wildman–Crippen LogP) is 2.17. The summed E-state index contributed by atoms with van der Waals surface area (Å²) in [6.07, 6.45) is 2.49. The summed E-state index contributed by atoms with van der Waals surface area (Å²) in [6, 6.07) is 2.97. The maximum Gasteiger partial charge on any atom is 0.227 e. The van der Waals surface area contributed by atoms with Crippen molar-refractivity contribution < 1.29 is 13.6 Å². The van der Waals surface area contributed by atoms with Gasteiger partial charge in [-0.2, -0.15) is 0 Å². The molecule has 6 heteroatoms. The van der Waals surface area contributed by atoms with Crippen molar-refractivity contribution in [1.82, 2.24) is 4.90 Å². The molecule has 1 aliphatic rings. The van der Waals surface area contributed by atoms with E-state index in [2.05, 4.69) is 0 Å². The first-order chi connectivity index (χ1) is 9.49. The van der Waals surface area contributed by atoms with Crippen LogP contribution >= 0.6 is 12.2 Å². The second-order valence-corrected chi connectivity index (χ2v) is 5.38. The standard InChI is InChI=1S/C14H16F2N2OS/c15-10-5-4-9(11(16)8-10)7-13(19)18-6-2-1-3-12(18)14(17)20/h4-5,8,12H,1-3,6-7H2,(H2,17,20).